The molecular formula is C22H25NO5. The monoisotopic (exact) mass is 383 g/mol. The van der Waals surface area contributed by atoms with Crippen molar-refractivity contribution in [2.24, 2.45) is 0 Å². The number of ether oxygens (including phenoxy) is 2. The van der Waals surface area contributed by atoms with E-state index in [-0.39, 0.29) is 18.7 Å². The molecule has 0 aliphatic heterocycles. The fourth-order valence-electron chi connectivity index (χ4n) is 2.43. The van der Waals surface area contributed by atoms with Crippen LogP contribution in [-0.2, 0) is 14.3 Å². The highest BCUT2D eigenvalue weighted by Crippen LogP contribution is 2.23. The van der Waals surface area contributed by atoms with Gasteiger partial charge in [-0.2, -0.15) is 0 Å². The Kier molecular flexibility index (Phi) is 7.32. The number of alkyl carbamates (subject to hydrolysis) is 1. The first-order valence-corrected chi connectivity index (χ1v) is 9.07. The lowest BCUT2D eigenvalue weighted by molar-refractivity contribution is -0.147. The van der Waals surface area contributed by atoms with Gasteiger partial charge in [0.2, 0.25) is 5.78 Å². The number of hydrogen-bond donors (Lipinski definition) is 1. The summed E-state index contributed by atoms with van der Waals surface area (Å²) in [7, 11) is 0. The Morgan fingerprint density at radius 1 is 0.929 bits per heavy atom. The summed E-state index contributed by atoms with van der Waals surface area (Å²) in [5, 5.41) is 2.50. The average molecular weight is 383 g/mol. The fourth-order valence-corrected chi connectivity index (χ4v) is 2.43. The number of benzene rings is 2. The van der Waals surface area contributed by atoms with Crippen LogP contribution in [0.15, 0.2) is 60.7 Å². The summed E-state index contributed by atoms with van der Waals surface area (Å²) in [6.07, 6.45) is -1.73. The molecule has 0 radical (unpaired) electrons. The van der Waals surface area contributed by atoms with Gasteiger partial charge in [-0.05, 0) is 20.8 Å². The van der Waals surface area contributed by atoms with Gasteiger partial charge in [0.15, 0.2) is 6.10 Å². The van der Waals surface area contributed by atoms with Crippen molar-refractivity contribution >= 4 is 17.8 Å². The highest BCUT2D eigenvalue weighted by Gasteiger charge is 2.26. The average Bonchev–Trinajstić information content (AvgIpc) is 2.65. The molecule has 0 aliphatic rings. The van der Waals surface area contributed by atoms with Crippen LogP contribution in [0.2, 0.25) is 0 Å². The third-order valence-corrected chi connectivity index (χ3v) is 3.65. The molecule has 2 rings (SSSR count). The van der Waals surface area contributed by atoms with E-state index < -0.39 is 23.8 Å². The number of esters is 1. The predicted molar refractivity (Wildman–Crippen MR) is 105 cm³/mol. The van der Waals surface area contributed by atoms with Crippen LogP contribution in [0.25, 0.3) is 0 Å². The first-order valence-electron chi connectivity index (χ1n) is 9.07. The molecule has 0 saturated heterocycles. The lowest BCUT2D eigenvalue weighted by atomic mass is 10.00. The van der Waals surface area contributed by atoms with Crippen molar-refractivity contribution in [3.05, 3.63) is 71.8 Å². The van der Waals surface area contributed by atoms with Crippen LogP contribution in [0.3, 0.4) is 0 Å². The van der Waals surface area contributed by atoms with Gasteiger partial charge in [0, 0.05) is 17.7 Å². The van der Waals surface area contributed by atoms with E-state index in [1.54, 1.807) is 69.3 Å². The molecule has 0 heterocycles. The second-order valence-electron chi connectivity index (χ2n) is 7.19. The highest BCUT2D eigenvalue weighted by molar-refractivity contribution is 6.01. The van der Waals surface area contributed by atoms with E-state index in [0.717, 1.165) is 0 Å². The summed E-state index contributed by atoms with van der Waals surface area (Å²) in [5.41, 5.74) is 0.423. The minimum absolute atomic E-state index is 0.0504. The SMILES string of the molecule is CC(C)(C)OC(=O)NCCC(=O)O[C@H](C(=O)c1ccccc1)c1ccccc1. The number of ketones is 1. The van der Waals surface area contributed by atoms with Gasteiger partial charge in [0.1, 0.15) is 5.60 Å². The number of nitrogens with one attached hydrogen (secondary N) is 1. The van der Waals surface area contributed by atoms with Crippen molar-refractivity contribution < 1.29 is 23.9 Å². The van der Waals surface area contributed by atoms with Crippen molar-refractivity contribution in [3.63, 3.8) is 0 Å². The minimum atomic E-state index is -1.04. The number of rotatable bonds is 7. The molecule has 0 aliphatic carbocycles. The summed E-state index contributed by atoms with van der Waals surface area (Å²) in [6, 6.07) is 17.5. The molecular weight excluding hydrogens is 358 g/mol. The zero-order valence-corrected chi connectivity index (χ0v) is 16.3. The summed E-state index contributed by atoms with van der Waals surface area (Å²) >= 11 is 0. The Labute approximate surface area is 164 Å². The van der Waals surface area contributed by atoms with Gasteiger partial charge >= 0.3 is 12.1 Å². The van der Waals surface area contributed by atoms with Gasteiger partial charge in [0.05, 0.1) is 6.42 Å². The Hall–Kier alpha value is -3.15. The van der Waals surface area contributed by atoms with Gasteiger partial charge in [-0.25, -0.2) is 4.79 Å². The third kappa shape index (κ3) is 6.87. The smallest absolute Gasteiger partial charge is 0.407 e. The quantitative estimate of drug-likeness (QED) is 0.576. The molecule has 1 atom stereocenters. The van der Waals surface area contributed by atoms with Gasteiger partial charge in [0.25, 0.3) is 0 Å². The summed E-state index contributed by atoms with van der Waals surface area (Å²) in [4.78, 5) is 36.8. The van der Waals surface area contributed by atoms with E-state index in [4.69, 9.17) is 9.47 Å². The highest BCUT2D eigenvalue weighted by atomic mass is 16.6. The number of carbonyl (C=O) groups excluding carboxylic acids is 3. The topological polar surface area (TPSA) is 81.7 Å². The van der Waals surface area contributed by atoms with Crippen LogP contribution in [-0.4, -0.2) is 30.0 Å². The summed E-state index contributed by atoms with van der Waals surface area (Å²) in [5.74, 6) is -0.894. The molecule has 2 aromatic rings. The molecule has 2 aromatic carbocycles. The Balaban J connectivity index is 2.00. The van der Waals surface area contributed by atoms with Crippen LogP contribution >= 0.6 is 0 Å². The van der Waals surface area contributed by atoms with Gasteiger partial charge in [-0.1, -0.05) is 60.7 Å². The summed E-state index contributed by atoms with van der Waals surface area (Å²) < 4.78 is 10.6. The van der Waals surface area contributed by atoms with Crippen molar-refractivity contribution in [1.82, 2.24) is 5.32 Å². The maximum atomic E-state index is 12.9. The number of carbonyl (C=O) groups is 3. The third-order valence-electron chi connectivity index (χ3n) is 3.65. The van der Waals surface area contributed by atoms with Crippen LogP contribution in [0.4, 0.5) is 4.79 Å². The molecule has 0 aromatic heterocycles. The molecule has 1 N–H and O–H groups in total. The molecule has 0 fully saturated rings. The molecule has 148 valence electrons. The fraction of sp³-hybridized carbons (Fsp3) is 0.318. The lowest BCUT2D eigenvalue weighted by Gasteiger charge is -2.20. The minimum Gasteiger partial charge on any atom is -0.449 e. The molecule has 0 spiro atoms. The largest absolute Gasteiger partial charge is 0.449 e. The van der Waals surface area contributed by atoms with Crippen molar-refractivity contribution in [1.29, 1.82) is 0 Å². The Bertz CT molecular complexity index is 797. The summed E-state index contributed by atoms with van der Waals surface area (Å²) in [6.45, 7) is 5.30. The molecule has 0 bridgehead atoms. The number of amides is 1. The molecule has 0 saturated carbocycles. The first kappa shape index (κ1) is 21.2. The zero-order valence-electron chi connectivity index (χ0n) is 16.3. The molecule has 6 nitrogen and oxygen atoms in total. The first-order chi connectivity index (χ1) is 13.3. The predicted octanol–water partition coefficient (Wildman–Crippen LogP) is 4.07. The van der Waals surface area contributed by atoms with Gasteiger partial charge in [-0.3, -0.25) is 9.59 Å². The zero-order chi connectivity index (χ0) is 20.6. The maximum Gasteiger partial charge on any atom is 0.407 e. The second-order valence-corrected chi connectivity index (χ2v) is 7.19. The van der Waals surface area contributed by atoms with Crippen LogP contribution in [0.1, 0.15) is 49.2 Å². The molecule has 1 amide bonds. The number of hydrogen-bond acceptors (Lipinski definition) is 5. The van der Waals surface area contributed by atoms with Gasteiger partial charge in [-0.15, -0.1) is 0 Å². The molecule has 0 unspecified atom stereocenters. The van der Waals surface area contributed by atoms with Crippen LogP contribution in [0, 0.1) is 0 Å². The number of Topliss-reactive ketones (excluding diaryl/α,β-unsaturated/α-hetero) is 1. The van der Waals surface area contributed by atoms with Crippen LogP contribution < -0.4 is 5.32 Å². The van der Waals surface area contributed by atoms with E-state index in [1.165, 1.54) is 0 Å². The molecule has 28 heavy (non-hydrogen) atoms. The van der Waals surface area contributed by atoms with E-state index in [1.807, 2.05) is 12.1 Å². The van der Waals surface area contributed by atoms with E-state index in [9.17, 15) is 14.4 Å². The van der Waals surface area contributed by atoms with E-state index >= 15 is 0 Å². The Morgan fingerprint density at radius 2 is 1.50 bits per heavy atom. The second kappa shape index (κ2) is 9.69. The van der Waals surface area contributed by atoms with Gasteiger partial charge < -0.3 is 14.8 Å². The maximum absolute atomic E-state index is 12.9. The van der Waals surface area contributed by atoms with Crippen molar-refractivity contribution in [3.8, 4) is 0 Å². The van der Waals surface area contributed by atoms with Crippen LogP contribution in [0.5, 0.6) is 0 Å². The molecule has 6 heteroatoms. The van der Waals surface area contributed by atoms with Crippen molar-refractivity contribution in [2.45, 2.75) is 38.9 Å². The van der Waals surface area contributed by atoms with E-state index in [2.05, 4.69) is 5.32 Å². The van der Waals surface area contributed by atoms with E-state index in [0.29, 0.717) is 11.1 Å². The standard InChI is InChI=1S/C22H25NO5/c1-22(2,3)28-21(26)23-15-14-18(24)27-20(17-12-8-5-9-13-17)19(25)16-10-6-4-7-11-16/h4-13,20H,14-15H2,1-3H3,(H,23,26)/t20-/m0/s1. The normalized spacial score (nSPS) is 12.0. The Morgan fingerprint density at radius 3 is 2.07 bits per heavy atom. The lowest BCUT2D eigenvalue weighted by Crippen LogP contribution is -2.34. The van der Waals surface area contributed by atoms with Crippen molar-refractivity contribution in [2.75, 3.05) is 6.54 Å².